The van der Waals surface area contributed by atoms with Gasteiger partial charge in [0, 0.05) is 19.3 Å². The van der Waals surface area contributed by atoms with Crippen molar-refractivity contribution < 1.29 is 18.3 Å². The summed E-state index contributed by atoms with van der Waals surface area (Å²) < 4.78 is 31.8. The first-order valence-corrected chi connectivity index (χ1v) is 6.22. The normalized spacial score (nSPS) is 16.1. The number of carbonyl (C=O) groups is 1. The highest BCUT2D eigenvalue weighted by atomic mass is 19.1. The van der Waals surface area contributed by atoms with E-state index in [0.717, 1.165) is 25.0 Å². The second-order valence-corrected chi connectivity index (χ2v) is 4.40. The van der Waals surface area contributed by atoms with E-state index >= 15 is 0 Å². The van der Waals surface area contributed by atoms with Gasteiger partial charge in [-0.1, -0.05) is 6.07 Å². The van der Waals surface area contributed by atoms with Crippen LogP contribution >= 0.6 is 0 Å². The Morgan fingerprint density at radius 2 is 1.89 bits per heavy atom. The third-order valence-corrected chi connectivity index (χ3v) is 2.97. The zero-order valence-electron chi connectivity index (χ0n) is 10.4. The van der Waals surface area contributed by atoms with Crippen LogP contribution in [-0.4, -0.2) is 31.7 Å². The molecule has 104 valence electrons. The molecule has 0 atom stereocenters. The molecule has 0 aliphatic carbocycles. The van der Waals surface area contributed by atoms with Crippen LogP contribution in [0.5, 0.6) is 0 Å². The van der Waals surface area contributed by atoms with Crippen LogP contribution in [0, 0.1) is 11.6 Å². The number of hydrogen-bond donors (Lipinski definition) is 2. The lowest BCUT2D eigenvalue weighted by Gasteiger charge is -2.23. The third-order valence-electron chi connectivity index (χ3n) is 2.97. The Balaban J connectivity index is 1.83. The van der Waals surface area contributed by atoms with E-state index in [1.807, 2.05) is 0 Å². The smallest absolute Gasteiger partial charge is 0.239 e. The second kappa shape index (κ2) is 6.47. The minimum absolute atomic E-state index is 0.0773. The van der Waals surface area contributed by atoms with Crippen molar-refractivity contribution in [2.45, 2.75) is 18.9 Å². The molecule has 2 rings (SSSR count). The van der Waals surface area contributed by atoms with Crippen molar-refractivity contribution in [2.24, 2.45) is 0 Å². The number of hydrogen-bond acceptors (Lipinski definition) is 3. The van der Waals surface area contributed by atoms with Gasteiger partial charge in [-0.2, -0.15) is 0 Å². The van der Waals surface area contributed by atoms with Crippen LogP contribution in [0.15, 0.2) is 18.2 Å². The van der Waals surface area contributed by atoms with Gasteiger partial charge in [0.1, 0.15) is 17.3 Å². The molecule has 0 unspecified atom stereocenters. The summed E-state index contributed by atoms with van der Waals surface area (Å²) in [6, 6.07) is 3.63. The highest BCUT2D eigenvalue weighted by molar-refractivity contribution is 5.81. The molecule has 1 amide bonds. The van der Waals surface area contributed by atoms with Gasteiger partial charge in [-0.15, -0.1) is 0 Å². The molecular weight excluding hydrogens is 254 g/mol. The molecule has 1 aromatic rings. The summed E-state index contributed by atoms with van der Waals surface area (Å²) >= 11 is 0. The van der Waals surface area contributed by atoms with Crippen LogP contribution in [0.2, 0.25) is 0 Å². The van der Waals surface area contributed by atoms with E-state index < -0.39 is 11.6 Å². The summed E-state index contributed by atoms with van der Waals surface area (Å²) in [4.78, 5) is 11.6. The van der Waals surface area contributed by atoms with Crippen LogP contribution in [0.3, 0.4) is 0 Å². The molecule has 0 bridgehead atoms. The number of amides is 1. The van der Waals surface area contributed by atoms with E-state index in [0.29, 0.717) is 13.2 Å². The van der Waals surface area contributed by atoms with E-state index in [9.17, 15) is 13.6 Å². The molecule has 6 heteroatoms. The quantitative estimate of drug-likeness (QED) is 0.875. The summed E-state index contributed by atoms with van der Waals surface area (Å²) in [6.45, 7) is 1.09. The molecule has 1 fully saturated rings. The van der Waals surface area contributed by atoms with Crippen molar-refractivity contribution in [2.75, 3.05) is 25.1 Å². The zero-order chi connectivity index (χ0) is 13.7. The average Bonchev–Trinajstić information content (AvgIpc) is 2.39. The Morgan fingerprint density at radius 1 is 1.26 bits per heavy atom. The molecule has 1 heterocycles. The first-order chi connectivity index (χ1) is 9.16. The number of carbonyl (C=O) groups excluding carboxylic acids is 1. The Kier molecular flexibility index (Phi) is 4.68. The minimum atomic E-state index is -0.709. The van der Waals surface area contributed by atoms with Gasteiger partial charge < -0.3 is 15.4 Å². The Bertz CT molecular complexity index is 428. The third kappa shape index (κ3) is 3.89. The summed E-state index contributed by atoms with van der Waals surface area (Å²) in [6.07, 6.45) is 1.53. The number of halogens is 2. The van der Waals surface area contributed by atoms with E-state index in [1.54, 1.807) is 0 Å². The lowest BCUT2D eigenvalue weighted by atomic mass is 10.1. The molecule has 1 aliphatic heterocycles. The fourth-order valence-corrected chi connectivity index (χ4v) is 1.96. The topological polar surface area (TPSA) is 50.4 Å². The van der Waals surface area contributed by atoms with E-state index in [1.165, 1.54) is 6.07 Å². The fourth-order valence-electron chi connectivity index (χ4n) is 1.96. The molecule has 4 nitrogen and oxygen atoms in total. The number of para-hydroxylation sites is 1. The van der Waals surface area contributed by atoms with Crippen LogP contribution in [-0.2, 0) is 9.53 Å². The number of rotatable bonds is 4. The number of ether oxygens (including phenoxy) is 1. The van der Waals surface area contributed by atoms with Gasteiger partial charge in [0.15, 0.2) is 0 Å². The molecule has 19 heavy (non-hydrogen) atoms. The average molecular weight is 270 g/mol. The van der Waals surface area contributed by atoms with Crippen molar-refractivity contribution in [3.8, 4) is 0 Å². The number of nitrogens with one attached hydrogen (secondary N) is 2. The van der Waals surface area contributed by atoms with E-state index in [4.69, 9.17) is 4.74 Å². The van der Waals surface area contributed by atoms with Crippen molar-refractivity contribution in [3.05, 3.63) is 29.8 Å². The van der Waals surface area contributed by atoms with Crippen molar-refractivity contribution in [1.29, 1.82) is 0 Å². The van der Waals surface area contributed by atoms with Gasteiger partial charge in [0.2, 0.25) is 5.91 Å². The summed E-state index contributed by atoms with van der Waals surface area (Å²) in [7, 11) is 0. The van der Waals surface area contributed by atoms with Gasteiger partial charge in [-0.05, 0) is 25.0 Å². The lowest BCUT2D eigenvalue weighted by molar-refractivity contribution is -0.120. The molecule has 0 aromatic heterocycles. The van der Waals surface area contributed by atoms with Crippen molar-refractivity contribution >= 4 is 11.6 Å². The van der Waals surface area contributed by atoms with Crippen molar-refractivity contribution in [3.63, 3.8) is 0 Å². The first-order valence-electron chi connectivity index (χ1n) is 6.22. The standard InChI is InChI=1S/C13H16F2N2O2/c14-10-2-1-3-11(15)13(10)16-8-12(18)17-9-4-6-19-7-5-9/h1-3,9,16H,4-8H2,(H,17,18). The molecule has 2 N–H and O–H groups in total. The monoisotopic (exact) mass is 270 g/mol. The Morgan fingerprint density at radius 3 is 2.53 bits per heavy atom. The van der Waals surface area contributed by atoms with Gasteiger partial charge in [0.25, 0.3) is 0 Å². The highest BCUT2D eigenvalue weighted by Crippen LogP contribution is 2.17. The first kappa shape index (κ1) is 13.7. The van der Waals surface area contributed by atoms with E-state index in [-0.39, 0.29) is 24.2 Å². The van der Waals surface area contributed by atoms with E-state index in [2.05, 4.69) is 10.6 Å². The zero-order valence-corrected chi connectivity index (χ0v) is 10.4. The maximum Gasteiger partial charge on any atom is 0.239 e. The SMILES string of the molecule is O=C(CNc1c(F)cccc1F)NC1CCOCC1. The maximum atomic E-state index is 13.3. The molecule has 1 aromatic carbocycles. The molecule has 0 saturated carbocycles. The maximum absolute atomic E-state index is 13.3. The molecular formula is C13H16F2N2O2. The van der Waals surface area contributed by atoms with Gasteiger partial charge in [-0.25, -0.2) is 8.78 Å². The van der Waals surface area contributed by atoms with Gasteiger partial charge in [-0.3, -0.25) is 4.79 Å². The van der Waals surface area contributed by atoms with Crippen LogP contribution in [0.1, 0.15) is 12.8 Å². The summed E-state index contributed by atoms with van der Waals surface area (Å²) in [5, 5.41) is 5.28. The molecule has 1 saturated heterocycles. The van der Waals surface area contributed by atoms with Crippen LogP contribution in [0.25, 0.3) is 0 Å². The Labute approximate surface area is 110 Å². The lowest BCUT2D eigenvalue weighted by Crippen LogP contribution is -2.41. The highest BCUT2D eigenvalue weighted by Gasteiger charge is 2.16. The summed E-state index contributed by atoms with van der Waals surface area (Å²) in [5.41, 5.74) is -0.273. The van der Waals surface area contributed by atoms with Crippen molar-refractivity contribution in [1.82, 2.24) is 5.32 Å². The van der Waals surface area contributed by atoms with Gasteiger partial charge >= 0.3 is 0 Å². The van der Waals surface area contributed by atoms with Crippen LogP contribution < -0.4 is 10.6 Å². The second-order valence-electron chi connectivity index (χ2n) is 4.40. The number of anilines is 1. The molecule has 0 radical (unpaired) electrons. The minimum Gasteiger partial charge on any atom is -0.381 e. The predicted molar refractivity (Wildman–Crippen MR) is 66.8 cm³/mol. The molecule has 1 aliphatic rings. The predicted octanol–water partition coefficient (Wildman–Crippen LogP) is 1.67. The molecule has 0 spiro atoms. The fraction of sp³-hybridized carbons (Fsp3) is 0.462. The largest absolute Gasteiger partial charge is 0.381 e. The Hall–Kier alpha value is -1.69. The number of benzene rings is 1. The summed E-state index contributed by atoms with van der Waals surface area (Å²) in [5.74, 6) is -1.70. The van der Waals surface area contributed by atoms with Gasteiger partial charge in [0.05, 0.1) is 6.54 Å². The van der Waals surface area contributed by atoms with Crippen LogP contribution in [0.4, 0.5) is 14.5 Å².